The molecule has 130 valence electrons. The van der Waals surface area contributed by atoms with Crippen LogP contribution in [-0.2, 0) is 11.2 Å². The predicted molar refractivity (Wildman–Crippen MR) is 105 cm³/mol. The maximum absolute atomic E-state index is 12.2. The molecule has 0 saturated carbocycles. The highest BCUT2D eigenvalue weighted by atomic mass is 32.1. The number of nitrogens with one attached hydrogen (secondary N) is 3. The van der Waals surface area contributed by atoms with E-state index in [1.807, 2.05) is 48.5 Å². The second kappa shape index (κ2) is 8.22. The predicted octanol–water partition coefficient (Wildman–Crippen LogP) is 2.72. The van der Waals surface area contributed by atoms with Crippen molar-refractivity contribution in [2.45, 2.75) is 6.42 Å². The molecular formula is C20H17N3O2S. The number of carbonyl (C=O) groups excluding carboxylic acids is 2. The lowest BCUT2D eigenvalue weighted by atomic mass is 10.0. The summed E-state index contributed by atoms with van der Waals surface area (Å²) in [5, 5.41) is 4.66. The number of fused-ring (bicyclic) bond motifs is 1. The third kappa shape index (κ3) is 4.43. The highest BCUT2D eigenvalue weighted by molar-refractivity contribution is 7.80. The number of hydrogen-bond donors (Lipinski definition) is 3. The number of hydrazine groups is 1. The average Bonchev–Trinajstić information content (AvgIpc) is 2.67. The fourth-order valence-corrected chi connectivity index (χ4v) is 2.73. The van der Waals surface area contributed by atoms with Crippen molar-refractivity contribution in [1.82, 2.24) is 16.2 Å². The fraction of sp³-hybridized carbons (Fsp3) is 0.0500. The summed E-state index contributed by atoms with van der Waals surface area (Å²) in [5.74, 6) is -0.593. The molecule has 3 N–H and O–H groups in total. The van der Waals surface area contributed by atoms with Crippen LogP contribution < -0.4 is 16.2 Å². The lowest BCUT2D eigenvalue weighted by Gasteiger charge is -2.11. The van der Waals surface area contributed by atoms with Gasteiger partial charge < -0.3 is 0 Å². The minimum atomic E-state index is -0.341. The molecule has 0 bridgehead atoms. The molecule has 26 heavy (non-hydrogen) atoms. The summed E-state index contributed by atoms with van der Waals surface area (Å²) in [7, 11) is 0. The van der Waals surface area contributed by atoms with Crippen LogP contribution in [-0.4, -0.2) is 16.9 Å². The van der Waals surface area contributed by atoms with Gasteiger partial charge in [0, 0.05) is 5.56 Å². The van der Waals surface area contributed by atoms with Gasteiger partial charge in [-0.3, -0.25) is 25.8 Å². The zero-order chi connectivity index (χ0) is 18.4. The standard InChI is InChI=1S/C20H17N3O2S/c24-18(13-16-11-6-10-14-7-4-5-12-17(14)16)22-23-20(26)21-19(25)15-8-2-1-3-9-15/h1-12H,13H2,(H,22,24)(H2,21,23,25,26). The van der Waals surface area contributed by atoms with Crippen LogP contribution in [0.25, 0.3) is 10.8 Å². The lowest BCUT2D eigenvalue weighted by Crippen LogP contribution is -2.48. The molecule has 0 aliphatic carbocycles. The number of carbonyl (C=O) groups is 2. The first-order chi connectivity index (χ1) is 12.6. The van der Waals surface area contributed by atoms with Crippen molar-refractivity contribution in [3.05, 3.63) is 83.9 Å². The average molecular weight is 363 g/mol. The molecule has 3 aromatic carbocycles. The molecule has 3 rings (SSSR count). The van der Waals surface area contributed by atoms with Crippen LogP contribution >= 0.6 is 12.2 Å². The number of benzene rings is 3. The quantitative estimate of drug-likeness (QED) is 0.494. The zero-order valence-corrected chi connectivity index (χ0v) is 14.7. The van der Waals surface area contributed by atoms with Crippen molar-refractivity contribution in [2.75, 3.05) is 0 Å². The van der Waals surface area contributed by atoms with Crippen LogP contribution in [0.3, 0.4) is 0 Å². The summed E-state index contributed by atoms with van der Waals surface area (Å²) in [6.07, 6.45) is 0.198. The molecule has 2 amide bonds. The molecule has 0 atom stereocenters. The van der Waals surface area contributed by atoms with Gasteiger partial charge in [0.1, 0.15) is 0 Å². The van der Waals surface area contributed by atoms with Crippen LogP contribution in [0.15, 0.2) is 72.8 Å². The fourth-order valence-electron chi connectivity index (χ4n) is 2.59. The second-order valence-corrected chi connectivity index (χ2v) is 6.05. The van der Waals surface area contributed by atoms with E-state index in [1.54, 1.807) is 24.3 Å². The largest absolute Gasteiger partial charge is 0.298 e. The maximum Gasteiger partial charge on any atom is 0.257 e. The Hall–Kier alpha value is -3.25. The van der Waals surface area contributed by atoms with E-state index in [-0.39, 0.29) is 23.3 Å². The first kappa shape index (κ1) is 17.6. The van der Waals surface area contributed by atoms with Gasteiger partial charge in [0.15, 0.2) is 5.11 Å². The van der Waals surface area contributed by atoms with Gasteiger partial charge in [-0.25, -0.2) is 0 Å². The number of hydrogen-bond acceptors (Lipinski definition) is 3. The number of thiocarbonyl (C=S) groups is 1. The number of rotatable bonds is 3. The maximum atomic E-state index is 12.2. The highest BCUT2D eigenvalue weighted by Gasteiger charge is 2.09. The minimum Gasteiger partial charge on any atom is -0.298 e. The summed E-state index contributed by atoms with van der Waals surface area (Å²) in [5.41, 5.74) is 6.46. The second-order valence-electron chi connectivity index (χ2n) is 5.64. The van der Waals surface area contributed by atoms with E-state index < -0.39 is 0 Å². The van der Waals surface area contributed by atoms with Gasteiger partial charge in [0.25, 0.3) is 5.91 Å². The summed E-state index contributed by atoms with van der Waals surface area (Å²) >= 11 is 5.03. The summed E-state index contributed by atoms with van der Waals surface area (Å²) in [4.78, 5) is 24.2. The van der Waals surface area contributed by atoms with E-state index in [4.69, 9.17) is 12.2 Å². The Labute approximate surface area is 156 Å². The Morgan fingerprint density at radius 3 is 2.31 bits per heavy atom. The molecule has 0 fully saturated rings. The van der Waals surface area contributed by atoms with Gasteiger partial charge in [-0.05, 0) is 40.7 Å². The zero-order valence-electron chi connectivity index (χ0n) is 13.9. The third-order valence-electron chi connectivity index (χ3n) is 3.81. The van der Waals surface area contributed by atoms with Gasteiger partial charge in [0.05, 0.1) is 6.42 Å². The smallest absolute Gasteiger partial charge is 0.257 e. The van der Waals surface area contributed by atoms with E-state index in [0.29, 0.717) is 5.56 Å². The Balaban J connectivity index is 1.54. The van der Waals surface area contributed by atoms with Crippen molar-refractivity contribution in [3.63, 3.8) is 0 Å². The van der Waals surface area contributed by atoms with Crippen LogP contribution in [0.4, 0.5) is 0 Å². The molecule has 0 unspecified atom stereocenters. The van der Waals surface area contributed by atoms with Crippen molar-refractivity contribution in [1.29, 1.82) is 0 Å². The molecule has 0 aliphatic rings. The molecule has 0 aliphatic heterocycles. The first-order valence-electron chi connectivity index (χ1n) is 8.05. The highest BCUT2D eigenvalue weighted by Crippen LogP contribution is 2.18. The molecule has 3 aromatic rings. The molecule has 0 radical (unpaired) electrons. The van der Waals surface area contributed by atoms with Gasteiger partial charge in [0.2, 0.25) is 5.91 Å². The Morgan fingerprint density at radius 1 is 0.808 bits per heavy atom. The van der Waals surface area contributed by atoms with Crippen LogP contribution in [0.5, 0.6) is 0 Å². The van der Waals surface area contributed by atoms with E-state index in [2.05, 4.69) is 16.2 Å². The lowest BCUT2D eigenvalue weighted by molar-refractivity contribution is -0.121. The topological polar surface area (TPSA) is 70.2 Å². The van der Waals surface area contributed by atoms with Crippen molar-refractivity contribution < 1.29 is 9.59 Å². The van der Waals surface area contributed by atoms with Crippen molar-refractivity contribution in [2.24, 2.45) is 0 Å². The normalized spacial score (nSPS) is 10.2. The minimum absolute atomic E-state index is 0.0325. The van der Waals surface area contributed by atoms with Gasteiger partial charge in [-0.15, -0.1) is 0 Å². The van der Waals surface area contributed by atoms with E-state index in [1.165, 1.54) is 0 Å². The van der Waals surface area contributed by atoms with Crippen LogP contribution in [0, 0.1) is 0 Å². The first-order valence-corrected chi connectivity index (χ1v) is 8.46. The summed E-state index contributed by atoms with van der Waals surface area (Å²) < 4.78 is 0. The molecule has 5 nitrogen and oxygen atoms in total. The van der Waals surface area contributed by atoms with Crippen molar-refractivity contribution >= 4 is 39.9 Å². The Kier molecular flexibility index (Phi) is 5.56. The van der Waals surface area contributed by atoms with Gasteiger partial charge >= 0.3 is 0 Å². The molecule has 0 aromatic heterocycles. The number of amides is 2. The Bertz CT molecular complexity index is 952. The molecular weight excluding hydrogens is 346 g/mol. The van der Waals surface area contributed by atoms with Crippen molar-refractivity contribution in [3.8, 4) is 0 Å². The Morgan fingerprint density at radius 2 is 1.50 bits per heavy atom. The van der Waals surface area contributed by atoms with Crippen LogP contribution in [0.2, 0.25) is 0 Å². The van der Waals surface area contributed by atoms with E-state index >= 15 is 0 Å². The monoisotopic (exact) mass is 363 g/mol. The molecule has 0 spiro atoms. The molecule has 0 heterocycles. The van der Waals surface area contributed by atoms with E-state index in [0.717, 1.165) is 16.3 Å². The third-order valence-corrected chi connectivity index (χ3v) is 4.01. The SMILES string of the molecule is O=C(Cc1cccc2ccccc12)NNC(=S)NC(=O)c1ccccc1. The van der Waals surface area contributed by atoms with E-state index in [9.17, 15) is 9.59 Å². The van der Waals surface area contributed by atoms with Gasteiger partial charge in [-0.1, -0.05) is 60.7 Å². The van der Waals surface area contributed by atoms with Crippen LogP contribution in [0.1, 0.15) is 15.9 Å². The molecule has 6 heteroatoms. The molecule has 0 saturated heterocycles. The summed E-state index contributed by atoms with van der Waals surface area (Å²) in [6, 6.07) is 22.4. The summed E-state index contributed by atoms with van der Waals surface area (Å²) in [6.45, 7) is 0. The van der Waals surface area contributed by atoms with Gasteiger partial charge in [-0.2, -0.15) is 0 Å².